The Morgan fingerprint density at radius 3 is 2.41 bits per heavy atom. The lowest BCUT2D eigenvalue weighted by Gasteiger charge is -2.29. The maximum Gasteiger partial charge on any atom is 0.434 e. The summed E-state index contributed by atoms with van der Waals surface area (Å²) >= 11 is 0. The van der Waals surface area contributed by atoms with E-state index < -0.39 is 29.4 Å². The molecule has 1 aromatic heterocycles. The van der Waals surface area contributed by atoms with Crippen molar-refractivity contribution in [1.29, 1.82) is 0 Å². The monoisotopic (exact) mass is 414 g/mol. The molecule has 3 N–H and O–H groups in total. The summed E-state index contributed by atoms with van der Waals surface area (Å²) in [6.07, 6.45) is -0.783. The molecule has 12 nitrogen and oxygen atoms in total. The number of carbonyl (C=O) groups is 3. The van der Waals surface area contributed by atoms with Crippen molar-refractivity contribution in [3.8, 4) is 5.88 Å². The molecule has 2 amide bonds. The Balaban J connectivity index is 1.95. The fraction of sp³-hybridized carbons (Fsp3) is 0.647. The van der Waals surface area contributed by atoms with E-state index in [0.717, 1.165) is 0 Å². The quantitative estimate of drug-likeness (QED) is 0.597. The van der Waals surface area contributed by atoms with Gasteiger partial charge in [-0.25, -0.2) is 14.4 Å². The van der Waals surface area contributed by atoms with Crippen molar-refractivity contribution in [3.63, 3.8) is 0 Å². The van der Waals surface area contributed by atoms with Crippen LogP contribution < -0.4 is 15.8 Å². The molecule has 0 aliphatic carbocycles. The minimum Gasteiger partial charge on any atom is -0.491 e. The van der Waals surface area contributed by atoms with Gasteiger partial charge in [-0.1, -0.05) is 4.73 Å². The molecule has 0 unspecified atom stereocenters. The van der Waals surface area contributed by atoms with Gasteiger partial charge in [-0.3, -0.25) is 4.79 Å². The number of ether oxygens (including phenoxy) is 2. The molecule has 1 fully saturated rings. The Labute approximate surface area is 166 Å². The number of nitrogens with zero attached hydrogens (tertiary/aromatic N) is 2. The molecule has 2 rings (SSSR count). The lowest BCUT2D eigenvalue weighted by molar-refractivity contribution is -0.146. The maximum absolute atomic E-state index is 12.3. The first-order chi connectivity index (χ1) is 13.5. The molecule has 1 aliphatic rings. The van der Waals surface area contributed by atoms with Gasteiger partial charge in [0.25, 0.3) is 5.88 Å². The largest absolute Gasteiger partial charge is 0.491 e. The Hall–Kier alpha value is -3.18. The van der Waals surface area contributed by atoms with Gasteiger partial charge < -0.3 is 34.6 Å². The summed E-state index contributed by atoms with van der Waals surface area (Å²) in [5, 5.41) is 12.5. The van der Waals surface area contributed by atoms with Gasteiger partial charge in [0.1, 0.15) is 11.3 Å². The maximum atomic E-state index is 12.3. The van der Waals surface area contributed by atoms with E-state index in [0.29, 0.717) is 17.6 Å². The number of piperidine rings is 1. The Morgan fingerprint density at radius 1 is 1.24 bits per heavy atom. The van der Waals surface area contributed by atoms with Gasteiger partial charge in [0, 0.05) is 13.1 Å². The zero-order valence-electron chi connectivity index (χ0n) is 16.8. The van der Waals surface area contributed by atoms with Crippen LogP contribution in [0.1, 0.15) is 39.3 Å². The Kier molecular flexibility index (Phi) is 6.77. The molecule has 0 radical (unpaired) electrons. The number of alkyl carbamates (subject to hydrolysis) is 1. The SMILES string of the molecule is COC(=O)C1CCN(C(=O)On2c(O)c(CNC(=O)OC(C)(C)C)[nH]c2=O)CC1. The third-order valence-corrected chi connectivity index (χ3v) is 4.17. The van der Waals surface area contributed by atoms with Crippen molar-refractivity contribution in [2.24, 2.45) is 5.92 Å². The van der Waals surface area contributed by atoms with Crippen LogP contribution in [-0.2, 0) is 20.8 Å². The van der Waals surface area contributed by atoms with E-state index in [2.05, 4.69) is 15.0 Å². The van der Waals surface area contributed by atoms with E-state index in [1.54, 1.807) is 20.8 Å². The number of hydrogen-bond donors (Lipinski definition) is 3. The number of aromatic hydroxyl groups is 1. The van der Waals surface area contributed by atoms with Gasteiger partial charge in [0.05, 0.1) is 19.6 Å². The number of carbonyl (C=O) groups excluding carboxylic acids is 3. The van der Waals surface area contributed by atoms with E-state index >= 15 is 0 Å². The van der Waals surface area contributed by atoms with Crippen LogP contribution in [0.4, 0.5) is 9.59 Å². The average molecular weight is 414 g/mol. The predicted molar refractivity (Wildman–Crippen MR) is 98.1 cm³/mol. The molecule has 162 valence electrons. The highest BCUT2D eigenvalue weighted by molar-refractivity contribution is 5.73. The summed E-state index contributed by atoms with van der Waals surface area (Å²) in [6.45, 7) is 5.31. The molecule has 2 heterocycles. The van der Waals surface area contributed by atoms with E-state index in [1.807, 2.05) is 0 Å². The van der Waals surface area contributed by atoms with Gasteiger partial charge in [-0.15, -0.1) is 0 Å². The zero-order valence-corrected chi connectivity index (χ0v) is 16.8. The minimum absolute atomic E-state index is 0.0574. The number of nitrogens with one attached hydrogen (secondary N) is 2. The van der Waals surface area contributed by atoms with E-state index in [1.165, 1.54) is 12.0 Å². The van der Waals surface area contributed by atoms with Crippen molar-refractivity contribution >= 4 is 18.2 Å². The summed E-state index contributed by atoms with van der Waals surface area (Å²) in [5.41, 5.74) is -1.65. The number of methoxy groups -OCH3 is 1. The second kappa shape index (κ2) is 8.88. The van der Waals surface area contributed by atoms with Gasteiger partial charge in [0.15, 0.2) is 0 Å². The van der Waals surface area contributed by atoms with E-state index in [4.69, 9.17) is 9.57 Å². The zero-order chi connectivity index (χ0) is 21.8. The molecule has 0 aromatic carbocycles. The third-order valence-electron chi connectivity index (χ3n) is 4.17. The second-order valence-corrected chi connectivity index (χ2v) is 7.52. The van der Waals surface area contributed by atoms with Crippen LogP contribution in [0.3, 0.4) is 0 Å². The van der Waals surface area contributed by atoms with Gasteiger partial charge >= 0.3 is 23.8 Å². The van der Waals surface area contributed by atoms with Crippen LogP contribution in [0.15, 0.2) is 4.79 Å². The van der Waals surface area contributed by atoms with Gasteiger partial charge in [0.2, 0.25) is 0 Å². The van der Waals surface area contributed by atoms with Crippen LogP contribution in [-0.4, -0.2) is 63.7 Å². The Morgan fingerprint density at radius 2 is 1.86 bits per heavy atom. The molecule has 1 saturated heterocycles. The number of rotatable bonds is 4. The first-order valence-corrected chi connectivity index (χ1v) is 9.06. The second-order valence-electron chi connectivity index (χ2n) is 7.52. The molecule has 0 atom stereocenters. The molecule has 1 aromatic rings. The molecule has 0 spiro atoms. The molecule has 1 aliphatic heterocycles. The number of likely N-dealkylation sites (tertiary alicyclic amines) is 1. The first-order valence-electron chi connectivity index (χ1n) is 9.06. The molecule has 29 heavy (non-hydrogen) atoms. The number of amides is 2. The summed E-state index contributed by atoms with van der Waals surface area (Å²) in [7, 11) is 1.30. The fourth-order valence-electron chi connectivity index (χ4n) is 2.74. The van der Waals surface area contributed by atoms with E-state index in [9.17, 15) is 24.3 Å². The highest BCUT2D eigenvalue weighted by Crippen LogP contribution is 2.19. The third kappa shape index (κ3) is 5.90. The van der Waals surface area contributed by atoms with Crippen LogP contribution in [0.25, 0.3) is 0 Å². The molecular weight excluding hydrogens is 388 g/mol. The normalized spacial score (nSPS) is 15.0. The number of imidazole rings is 1. The molecule has 0 saturated carbocycles. The summed E-state index contributed by atoms with van der Waals surface area (Å²) in [6, 6.07) is 0. The van der Waals surface area contributed by atoms with Crippen molar-refractivity contribution in [2.75, 3.05) is 20.2 Å². The highest BCUT2D eigenvalue weighted by atomic mass is 16.7. The van der Waals surface area contributed by atoms with Crippen molar-refractivity contribution in [3.05, 3.63) is 16.2 Å². The highest BCUT2D eigenvalue weighted by Gasteiger charge is 2.30. The number of hydrogen-bond acceptors (Lipinski definition) is 8. The van der Waals surface area contributed by atoms with Crippen LogP contribution >= 0.6 is 0 Å². The topological polar surface area (TPSA) is 152 Å². The summed E-state index contributed by atoms with van der Waals surface area (Å²) < 4.78 is 10.1. The van der Waals surface area contributed by atoms with Crippen molar-refractivity contribution in [1.82, 2.24) is 19.9 Å². The van der Waals surface area contributed by atoms with Gasteiger partial charge in [-0.05, 0) is 33.6 Å². The molecule has 0 bridgehead atoms. The Bertz CT molecular complexity index is 814. The minimum atomic E-state index is -0.888. The van der Waals surface area contributed by atoms with Crippen LogP contribution in [0.2, 0.25) is 0 Å². The predicted octanol–water partition coefficient (Wildman–Crippen LogP) is 0.340. The van der Waals surface area contributed by atoms with Crippen molar-refractivity contribution in [2.45, 2.75) is 45.8 Å². The lowest BCUT2D eigenvalue weighted by Crippen LogP contribution is -2.45. The summed E-state index contributed by atoms with van der Waals surface area (Å²) in [4.78, 5) is 56.0. The smallest absolute Gasteiger partial charge is 0.434 e. The van der Waals surface area contributed by atoms with E-state index in [-0.39, 0.29) is 37.2 Å². The van der Waals surface area contributed by atoms with Gasteiger partial charge in [-0.2, -0.15) is 0 Å². The standard InChI is InChI=1S/C17H26N4O8/c1-17(2,3)28-15(25)18-9-11-12(22)21(14(24)19-11)29-16(26)20-7-5-10(6-8-20)13(23)27-4/h10,22H,5-9H2,1-4H3,(H,18,25)(H,19,24). The molecular formula is C17H26N4O8. The first kappa shape index (κ1) is 22.1. The summed E-state index contributed by atoms with van der Waals surface area (Å²) in [5.74, 6) is -1.28. The number of H-pyrrole nitrogens is 1. The van der Waals surface area contributed by atoms with Crippen LogP contribution in [0.5, 0.6) is 5.88 Å². The fourth-order valence-corrected chi connectivity index (χ4v) is 2.74. The average Bonchev–Trinajstić information content (AvgIpc) is 2.92. The number of esters is 1. The van der Waals surface area contributed by atoms with Crippen LogP contribution in [0, 0.1) is 5.92 Å². The number of aromatic nitrogens is 2. The number of aromatic amines is 1. The van der Waals surface area contributed by atoms with Crippen molar-refractivity contribution < 1.29 is 33.8 Å². The molecule has 12 heteroatoms. The lowest BCUT2D eigenvalue weighted by atomic mass is 9.97.